The highest BCUT2D eigenvalue weighted by molar-refractivity contribution is 6.17. The minimum atomic E-state index is -2.02. The first-order valence-corrected chi connectivity index (χ1v) is 44.9. The Morgan fingerprint density at radius 2 is 1.33 bits per heavy atom. The normalized spacial score (nSPS) is 20.8. The Kier molecular flexibility index (Phi) is 44.1. The van der Waals surface area contributed by atoms with Gasteiger partial charge in [-0.25, -0.2) is 9.78 Å². The number of nitrogens with one attached hydrogen (secondary N) is 5. The molecule has 0 unspecified atom stereocenters. The van der Waals surface area contributed by atoms with Crippen molar-refractivity contribution in [2.75, 3.05) is 171 Å². The second-order valence-electron chi connectivity index (χ2n) is 34.1. The molecule has 0 saturated heterocycles. The van der Waals surface area contributed by atoms with E-state index < -0.39 is 112 Å². The van der Waals surface area contributed by atoms with Crippen LogP contribution in [0.5, 0.6) is 17.2 Å². The van der Waals surface area contributed by atoms with Gasteiger partial charge in [0.15, 0.2) is 28.2 Å². The lowest BCUT2D eigenvalue weighted by molar-refractivity contribution is -0.903. The number of amides is 8. The molecule has 728 valence electrons. The van der Waals surface area contributed by atoms with Crippen molar-refractivity contribution in [3.8, 4) is 17.2 Å². The quantitative estimate of drug-likeness (QED) is 0.00452. The Labute approximate surface area is 769 Å². The first-order valence-electron chi connectivity index (χ1n) is 44.9. The molecule has 0 fully saturated rings. The number of nitrogens with zero attached hydrogens (tertiary/aromatic N) is 3. The molecule has 4 heterocycles. The number of hydrogen-bond donors (Lipinski definition) is 9. The summed E-state index contributed by atoms with van der Waals surface area (Å²) in [6.45, 7) is 29.9. The van der Waals surface area contributed by atoms with Crippen LogP contribution in [0.1, 0.15) is 126 Å². The molecule has 3 aliphatic heterocycles. The third kappa shape index (κ3) is 32.2. The number of carbonyl (C=O) groups is 9. The van der Waals surface area contributed by atoms with E-state index in [0.717, 1.165) is 23.5 Å². The van der Waals surface area contributed by atoms with Crippen LogP contribution in [0.15, 0.2) is 98.7 Å². The smallest absolute Gasteiger partial charge is 0.312 e. The fourth-order valence-electron chi connectivity index (χ4n) is 15.2. The van der Waals surface area contributed by atoms with Crippen LogP contribution in [-0.4, -0.2) is 273 Å². The molecule has 10 N–H and O–H groups in total. The molecule has 5 bridgehead atoms. The van der Waals surface area contributed by atoms with Crippen molar-refractivity contribution >= 4 is 103 Å². The van der Waals surface area contributed by atoms with E-state index in [9.17, 15) is 63.3 Å². The van der Waals surface area contributed by atoms with Gasteiger partial charge in [-0.1, -0.05) is 85.8 Å². The predicted molar refractivity (Wildman–Crippen MR) is 492 cm³/mol. The number of aliphatic hydroxyl groups excluding tert-OH is 2. The number of esters is 1. The molecule has 11 atom stereocenters. The number of rotatable bonds is 48. The number of allylic oxidation sites excluding steroid dienone is 2. The minimum absolute atomic E-state index is 0.0220. The Morgan fingerprint density at radius 3 is 1.90 bits per heavy atom. The van der Waals surface area contributed by atoms with Gasteiger partial charge in [-0.05, 0) is 75.0 Å². The van der Waals surface area contributed by atoms with Crippen LogP contribution in [-0.2, 0) is 97.0 Å². The van der Waals surface area contributed by atoms with Gasteiger partial charge >= 0.3 is 17.8 Å². The molecule has 3 aliphatic rings. The van der Waals surface area contributed by atoms with E-state index in [0.29, 0.717) is 122 Å². The topological polar surface area (TPSA) is 484 Å². The summed E-state index contributed by atoms with van der Waals surface area (Å²) >= 11 is 0. The lowest BCUT2D eigenvalue weighted by Crippen LogP contribution is -2.45. The molecule has 8 rings (SSSR count). The highest BCUT2D eigenvalue weighted by atomic mass is 16.7. The molecule has 0 aliphatic carbocycles. The number of ether oxygens (including phenoxy) is 13. The molecule has 132 heavy (non-hydrogen) atoms. The van der Waals surface area contributed by atoms with Gasteiger partial charge in [-0.15, -0.1) is 0 Å². The SMILES string of the molecule is CCCOCCOCCOCCOCCOCCOCCOCCNC(=O)CCN1C(=O)C=CC1=O.COCCC(=O)N[C@H](C(=O)C[C@@H](CCCNC(N)=O)C(=O)Nc1ccc(C[N+](C)(C)CCOc2cc(=O)c3nc4c(oc3c2)c2c(=O)c3c(O)c(C)c5c(c34)=C(O)[C@@](C)(O/C=C/[C@H](OC)[C@@H](C)[C@@H](OC(C)=O)[C@H](C)[C@H](C)[C@H](C)[C@@H](O)[C@@H](C)/C=C/C=C(/C)C(=O)N2)O5)cc1)C(C)C. The van der Waals surface area contributed by atoms with Crippen molar-refractivity contribution in [2.45, 2.75) is 158 Å². The average Bonchev–Trinajstić information content (AvgIpc) is 1.48. The van der Waals surface area contributed by atoms with Gasteiger partial charge in [0, 0.05) is 143 Å². The number of nitrogens with two attached hydrogens (primary N) is 1. The van der Waals surface area contributed by atoms with E-state index in [2.05, 4.69) is 33.5 Å². The molecule has 8 amide bonds. The van der Waals surface area contributed by atoms with Crippen molar-refractivity contribution < 1.29 is 129 Å². The largest absolute Gasteiger partial charge is 0.507 e. The number of aromatic hydroxyl groups is 1. The summed E-state index contributed by atoms with van der Waals surface area (Å²) in [6, 6.07) is 8.34. The van der Waals surface area contributed by atoms with Crippen LogP contribution in [0.3, 0.4) is 0 Å². The molecule has 5 aromatic rings. The molecule has 37 heteroatoms. The number of fused-ring (bicyclic) bond motifs is 5. The van der Waals surface area contributed by atoms with Crippen molar-refractivity contribution in [3.05, 3.63) is 121 Å². The minimum Gasteiger partial charge on any atom is -0.507 e. The van der Waals surface area contributed by atoms with Gasteiger partial charge in [0.2, 0.25) is 28.6 Å². The highest BCUT2D eigenvalue weighted by Crippen LogP contribution is 2.43. The van der Waals surface area contributed by atoms with Gasteiger partial charge in [0.1, 0.15) is 54.3 Å². The van der Waals surface area contributed by atoms with Gasteiger partial charge in [0.05, 0.1) is 142 Å². The Bertz CT molecular complexity index is 5020. The summed E-state index contributed by atoms with van der Waals surface area (Å²) < 4.78 is 80.3. The van der Waals surface area contributed by atoms with E-state index in [1.54, 1.807) is 30.4 Å². The zero-order valence-corrected chi connectivity index (χ0v) is 78.9. The van der Waals surface area contributed by atoms with Crippen LogP contribution < -0.4 is 57.9 Å². The van der Waals surface area contributed by atoms with Crippen LogP contribution in [0, 0.1) is 48.3 Å². The predicted octanol–water partition coefficient (Wildman–Crippen LogP) is 7.57. The summed E-state index contributed by atoms with van der Waals surface area (Å²) in [5, 5.41) is 49.0. The number of urea groups is 1. The number of hydrogen-bond acceptors (Lipinski definition) is 29. The number of anilines is 2. The first-order chi connectivity index (χ1) is 62.9. The van der Waals surface area contributed by atoms with Crippen molar-refractivity contribution in [1.29, 1.82) is 0 Å². The zero-order valence-electron chi connectivity index (χ0n) is 78.9. The van der Waals surface area contributed by atoms with E-state index in [4.69, 9.17) is 76.7 Å². The summed E-state index contributed by atoms with van der Waals surface area (Å²) in [6.07, 6.45) is 9.39. The number of phenolic OH excluding ortho intramolecular Hbond substituents is 1. The molecular formula is C95H136N9O28+. The molecule has 4 aromatic carbocycles. The number of aromatic nitrogens is 1. The second kappa shape index (κ2) is 53.8. The van der Waals surface area contributed by atoms with Crippen LogP contribution >= 0.6 is 0 Å². The molecule has 0 saturated carbocycles. The number of aliphatic hydroxyl groups is 2. The number of carbonyl (C=O) groups excluding carboxylic acids is 9. The summed E-state index contributed by atoms with van der Waals surface area (Å²) in [5.41, 5.74) is 3.85. The third-order valence-electron chi connectivity index (χ3n) is 23.1. The van der Waals surface area contributed by atoms with Gasteiger partial charge in [-0.3, -0.25) is 52.8 Å². The van der Waals surface area contributed by atoms with Crippen molar-refractivity contribution in [1.82, 2.24) is 25.8 Å². The number of imide groups is 1. The lowest BCUT2D eigenvalue weighted by Gasteiger charge is -2.39. The van der Waals surface area contributed by atoms with Gasteiger partial charge in [0.25, 0.3) is 17.7 Å². The fourth-order valence-corrected chi connectivity index (χ4v) is 15.2. The standard InChI is InChI=1S/C71H93N7O18.C24H42N2O10/c1-36(2)57(75-53(82)26-29-90-14)49(80)32-46(20-17-27-73-70(72)89)69(88)74-47-23-21-45(22-24-47)35-78(12,13)28-31-92-48-33-50(81)58-52(34-48)95-66-59(76-58)54-55-62(84)43(9)65-56(54)67(86)71(11,96-65)93-30-25-51(91-15)42(8)64(94-44(10)79)41(7)39(5)40(6)61(83)37(3)18-16-19-38(4)68(87)77-60(66)63(55)85;1-2-8-30-10-12-32-14-16-34-18-20-36-21-19-35-17-15-33-13-11-31-9-6-25-22(27)5-7-26-23(28)3-4-24(26)29/h16,18-19,21-25,30,33-34,36-37,39-42,46,51,57,61,64,83H,17,20,26-29,31-32,35H2,1-15H3,(H7-,72,73,74,75,76,77,81,82,84,85,86,87,88,89);3-4H,2,5-21H2,1H3,(H,25,27)/p+1/b18-16+,30-25+,38-19-;/t37-,39+,40-,41+,42+,46+,51-,57-,61-,64-,71-;/m0./s1. The van der Waals surface area contributed by atoms with Crippen molar-refractivity contribution in [2.24, 2.45) is 47.2 Å². The maximum Gasteiger partial charge on any atom is 0.312 e. The van der Waals surface area contributed by atoms with Crippen LogP contribution in [0.25, 0.3) is 38.7 Å². The Balaban J connectivity index is 0.000000553. The first kappa shape index (κ1) is 108. The number of methoxy groups -OCH3 is 2. The summed E-state index contributed by atoms with van der Waals surface area (Å²) in [7, 11) is 6.92. The summed E-state index contributed by atoms with van der Waals surface area (Å²) in [5.74, 6) is -9.25. The van der Waals surface area contributed by atoms with Crippen molar-refractivity contribution in [3.63, 3.8) is 0 Å². The van der Waals surface area contributed by atoms with E-state index in [-0.39, 0.29) is 154 Å². The molecule has 0 spiro atoms. The number of ketones is 1. The zero-order chi connectivity index (χ0) is 96.9. The third-order valence-corrected chi connectivity index (χ3v) is 23.1. The number of Topliss-reactive ketones (excluding diaryl/α,β-unsaturated/α-hetero) is 1. The monoisotopic (exact) mass is 1850 g/mol. The number of likely N-dealkylation sites (N-methyl/N-ethyl adjacent to an activating group) is 1. The average molecular weight is 1850 g/mol. The maximum atomic E-state index is 15.1. The Morgan fingerprint density at radius 1 is 0.720 bits per heavy atom. The van der Waals surface area contributed by atoms with E-state index in [1.807, 2.05) is 74.7 Å². The van der Waals surface area contributed by atoms with Crippen LogP contribution in [0.2, 0.25) is 0 Å². The second-order valence-corrected chi connectivity index (χ2v) is 34.1. The van der Waals surface area contributed by atoms with E-state index in [1.165, 1.54) is 78.5 Å². The lowest BCUT2D eigenvalue weighted by atomic mass is 9.73. The molecule has 1 aromatic heterocycles. The number of phenols is 1. The van der Waals surface area contributed by atoms with E-state index >= 15 is 4.79 Å². The van der Waals surface area contributed by atoms with Gasteiger partial charge < -0.3 is 118 Å². The van der Waals surface area contributed by atoms with Gasteiger partial charge in [-0.2, -0.15) is 0 Å². The molecule has 0 radical (unpaired) electrons. The number of primary amides is 1. The molecule has 37 nitrogen and oxygen atoms in total. The highest BCUT2D eigenvalue weighted by Gasteiger charge is 2.45. The number of quaternary nitrogens is 1. The molecular weight excluding hydrogens is 1720 g/mol. The number of benzene rings is 4. The fraction of sp³-hybridized carbons (Fsp3) is 0.579. The Hall–Kier alpha value is -10.8. The summed E-state index contributed by atoms with van der Waals surface area (Å²) in [4.78, 5) is 148. The maximum absolute atomic E-state index is 15.1. The van der Waals surface area contributed by atoms with Crippen LogP contribution in [0.4, 0.5) is 16.2 Å².